The smallest absolute Gasteiger partial charge is 0.322 e. The van der Waals surface area contributed by atoms with Crippen LogP contribution in [0.1, 0.15) is 20.8 Å². The fourth-order valence-electron chi connectivity index (χ4n) is 0.469. The van der Waals surface area contributed by atoms with E-state index in [0.717, 1.165) is 6.66 Å². The lowest BCUT2D eigenvalue weighted by Gasteiger charge is -2.09. The zero-order chi connectivity index (χ0) is 11.2. The highest BCUT2D eigenvalue weighted by molar-refractivity contribution is 7.50. The van der Waals surface area contributed by atoms with E-state index in [1.54, 1.807) is 0 Å². The van der Waals surface area contributed by atoms with Crippen LogP contribution in [0.4, 0.5) is 0 Å². The largest absolute Gasteiger partial charge is 0.325 e. The third kappa shape index (κ3) is 18.6. The summed E-state index contributed by atoms with van der Waals surface area (Å²) in [6.07, 6.45) is 0. The molecule has 0 aliphatic rings. The van der Waals surface area contributed by atoms with Gasteiger partial charge in [-0.2, -0.15) is 0 Å². The van der Waals surface area contributed by atoms with E-state index >= 15 is 0 Å². The summed E-state index contributed by atoms with van der Waals surface area (Å²) in [5, 5.41) is 0. The van der Waals surface area contributed by atoms with Crippen molar-refractivity contribution >= 4 is 13.4 Å². The van der Waals surface area contributed by atoms with Crippen LogP contribution >= 0.6 is 7.60 Å². The third-order valence-electron chi connectivity index (χ3n) is 1.19. The maximum atomic E-state index is 10.5. The molecule has 0 saturated carbocycles. The molecule has 0 aromatic rings. The van der Waals surface area contributed by atoms with Gasteiger partial charge in [0.15, 0.2) is 0 Å². The highest BCUT2D eigenvalue weighted by Gasteiger charge is 2.10. The van der Waals surface area contributed by atoms with Crippen LogP contribution in [0.25, 0.3) is 0 Å². The summed E-state index contributed by atoms with van der Waals surface area (Å²) in [7, 11) is -3.64. The molecule has 0 fully saturated rings. The van der Waals surface area contributed by atoms with Crippen molar-refractivity contribution in [1.82, 2.24) is 0 Å². The van der Waals surface area contributed by atoms with Crippen LogP contribution in [0, 0.1) is 5.92 Å². The Morgan fingerprint density at radius 3 is 1.62 bits per heavy atom. The lowest BCUT2D eigenvalue weighted by atomic mass is 10.0. The van der Waals surface area contributed by atoms with E-state index in [2.05, 4.69) is 0 Å². The molecule has 0 amide bonds. The standard InChI is InChI=1S/C6H13NO.CH5O3P/c1-4(2)6(7)5(3)8;1-5(2,3)4/h4,6H,7H2,1-3H3;1H3,(H2,2,3,4)/t6-;/m0./s1. The first-order valence-corrected chi connectivity index (χ1v) is 5.90. The normalized spacial score (nSPS) is 13.2. The number of carbonyl (C=O) groups is 1. The Morgan fingerprint density at radius 1 is 1.38 bits per heavy atom. The lowest BCUT2D eigenvalue weighted by molar-refractivity contribution is -0.119. The Morgan fingerprint density at radius 2 is 1.62 bits per heavy atom. The predicted molar refractivity (Wildman–Crippen MR) is 51.5 cm³/mol. The van der Waals surface area contributed by atoms with E-state index in [1.165, 1.54) is 6.92 Å². The van der Waals surface area contributed by atoms with Crippen molar-refractivity contribution in [2.75, 3.05) is 6.66 Å². The SMILES string of the molecule is CC(=O)[C@@H](N)C(C)C.CP(=O)(O)O. The molecule has 4 N–H and O–H groups in total. The van der Waals surface area contributed by atoms with Gasteiger partial charge in [-0.15, -0.1) is 0 Å². The van der Waals surface area contributed by atoms with Crippen molar-refractivity contribution in [3.63, 3.8) is 0 Å². The molecule has 5 nitrogen and oxygen atoms in total. The van der Waals surface area contributed by atoms with Crippen LogP contribution in [0.15, 0.2) is 0 Å². The van der Waals surface area contributed by atoms with Crippen LogP contribution in [-0.2, 0) is 9.36 Å². The quantitative estimate of drug-likeness (QED) is 0.572. The molecule has 0 spiro atoms. The minimum absolute atomic E-state index is 0.0694. The van der Waals surface area contributed by atoms with Crippen LogP contribution in [-0.4, -0.2) is 28.3 Å². The molecule has 6 heteroatoms. The second-order valence-corrected chi connectivity index (χ2v) is 4.89. The second kappa shape index (κ2) is 6.27. The summed E-state index contributed by atoms with van der Waals surface area (Å²) < 4.78 is 9.33. The van der Waals surface area contributed by atoms with E-state index < -0.39 is 7.60 Å². The summed E-state index contributed by atoms with van der Waals surface area (Å²) in [5.74, 6) is 0.340. The molecule has 0 unspecified atom stereocenters. The minimum atomic E-state index is -3.64. The van der Waals surface area contributed by atoms with Gasteiger partial charge in [0.2, 0.25) is 0 Å². The first-order chi connectivity index (χ1) is 5.55. The third-order valence-corrected chi connectivity index (χ3v) is 1.19. The Kier molecular flexibility index (Phi) is 7.36. The predicted octanol–water partition coefficient (Wildman–Crippen LogP) is 0.353. The number of hydrogen-bond acceptors (Lipinski definition) is 3. The molecule has 0 aliphatic carbocycles. The summed E-state index contributed by atoms with van der Waals surface area (Å²) in [6, 6.07) is -0.269. The van der Waals surface area contributed by atoms with Crippen molar-refractivity contribution in [2.45, 2.75) is 26.8 Å². The van der Waals surface area contributed by atoms with Gasteiger partial charge in [0.05, 0.1) is 6.04 Å². The monoisotopic (exact) mass is 211 g/mol. The van der Waals surface area contributed by atoms with Gasteiger partial charge in [-0.1, -0.05) is 13.8 Å². The molecule has 0 aromatic heterocycles. The molecular formula is C7H18NO4P. The first kappa shape index (κ1) is 15.3. The fraction of sp³-hybridized carbons (Fsp3) is 0.857. The molecular weight excluding hydrogens is 193 g/mol. The average molecular weight is 211 g/mol. The van der Waals surface area contributed by atoms with E-state index in [4.69, 9.17) is 15.5 Å². The lowest BCUT2D eigenvalue weighted by Crippen LogP contribution is -2.33. The number of ketones is 1. The average Bonchev–Trinajstić information content (AvgIpc) is 1.81. The highest BCUT2D eigenvalue weighted by atomic mass is 31.2. The van der Waals surface area contributed by atoms with Crippen molar-refractivity contribution in [2.24, 2.45) is 11.7 Å². The maximum absolute atomic E-state index is 10.5. The zero-order valence-electron chi connectivity index (χ0n) is 8.39. The van der Waals surface area contributed by atoms with Crippen LogP contribution < -0.4 is 5.73 Å². The van der Waals surface area contributed by atoms with E-state index in [1.807, 2.05) is 13.8 Å². The van der Waals surface area contributed by atoms with Gasteiger partial charge in [0.25, 0.3) is 0 Å². The Hall–Kier alpha value is -0.220. The summed E-state index contributed by atoms with van der Waals surface area (Å²) in [5.41, 5.74) is 5.41. The molecule has 0 aliphatic heterocycles. The fourth-order valence-corrected chi connectivity index (χ4v) is 0.469. The number of carbonyl (C=O) groups excluding carboxylic acids is 1. The van der Waals surface area contributed by atoms with Crippen molar-refractivity contribution in [3.8, 4) is 0 Å². The summed E-state index contributed by atoms with van der Waals surface area (Å²) in [4.78, 5) is 25.7. The van der Waals surface area contributed by atoms with Gasteiger partial charge < -0.3 is 15.5 Å². The highest BCUT2D eigenvalue weighted by Crippen LogP contribution is 2.26. The minimum Gasteiger partial charge on any atom is -0.325 e. The van der Waals surface area contributed by atoms with Crippen LogP contribution in [0.5, 0.6) is 0 Å². The van der Waals surface area contributed by atoms with Crippen molar-refractivity contribution in [1.29, 1.82) is 0 Å². The van der Waals surface area contributed by atoms with Gasteiger partial charge in [0, 0.05) is 6.66 Å². The van der Waals surface area contributed by atoms with Crippen LogP contribution in [0.3, 0.4) is 0 Å². The number of hydrogen-bond donors (Lipinski definition) is 3. The van der Waals surface area contributed by atoms with Gasteiger partial charge >= 0.3 is 7.60 Å². The molecule has 0 aromatic carbocycles. The Bertz CT molecular complexity index is 190. The molecule has 0 bridgehead atoms. The van der Waals surface area contributed by atoms with Crippen molar-refractivity contribution in [3.05, 3.63) is 0 Å². The van der Waals surface area contributed by atoms with Gasteiger partial charge in [-0.25, -0.2) is 0 Å². The van der Waals surface area contributed by atoms with E-state index in [9.17, 15) is 9.36 Å². The molecule has 0 radical (unpaired) electrons. The molecule has 0 heterocycles. The zero-order valence-corrected chi connectivity index (χ0v) is 9.28. The Labute approximate surface area is 78.5 Å². The van der Waals surface area contributed by atoms with Gasteiger partial charge in [-0.05, 0) is 12.8 Å². The topological polar surface area (TPSA) is 101 Å². The second-order valence-electron chi connectivity index (χ2n) is 3.22. The number of nitrogens with two attached hydrogens (primary N) is 1. The molecule has 0 saturated heterocycles. The number of rotatable bonds is 2. The molecule has 0 rings (SSSR count). The van der Waals surface area contributed by atoms with E-state index in [-0.39, 0.29) is 17.7 Å². The van der Waals surface area contributed by atoms with E-state index in [0.29, 0.717) is 0 Å². The molecule has 80 valence electrons. The van der Waals surface area contributed by atoms with Gasteiger partial charge in [-0.3, -0.25) is 9.36 Å². The van der Waals surface area contributed by atoms with Crippen LogP contribution in [0.2, 0.25) is 0 Å². The summed E-state index contributed by atoms with van der Waals surface area (Å²) >= 11 is 0. The summed E-state index contributed by atoms with van der Waals surface area (Å²) in [6.45, 7) is 6.25. The first-order valence-electron chi connectivity index (χ1n) is 3.84. The van der Waals surface area contributed by atoms with Crippen molar-refractivity contribution < 1.29 is 19.1 Å². The van der Waals surface area contributed by atoms with Gasteiger partial charge in [0.1, 0.15) is 5.78 Å². The molecule has 1 atom stereocenters. The Balaban J connectivity index is 0. The molecule has 13 heavy (non-hydrogen) atoms. The maximum Gasteiger partial charge on any atom is 0.322 e. The number of Topliss-reactive ketones (excluding diaryl/α,β-unsaturated/α-hetero) is 1.